The van der Waals surface area contributed by atoms with E-state index in [1.807, 2.05) is 36.1 Å². The van der Waals surface area contributed by atoms with E-state index in [0.717, 1.165) is 35.5 Å². The maximum absolute atomic E-state index is 13.0. The molecule has 2 rings (SSSR count). The third kappa shape index (κ3) is 6.72. The maximum atomic E-state index is 13.0. The van der Waals surface area contributed by atoms with Crippen molar-refractivity contribution >= 4 is 34.6 Å². The average molecular weight is 425 g/mol. The quantitative estimate of drug-likeness (QED) is 0.416. The van der Waals surface area contributed by atoms with Crippen LogP contribution in [0.15, 0.2) is 58.8 Å². The van der Waals surface area contributed by atoms with Gasteiger partial charge in [0.1, 0.15) is 0 Å². The molecule has 31 heavy (non-hydrogen) atoms. The molecule has 0 spiro atoms. The zero-order valence-electron chi connectivity index (χ0n) is 19.3. The summed E-state index contributed by atoms with van der Waals surface area (Å²) >= 11 is 0. The number of anilines is 2. The molecule has 2 aromatic carbocycles. The van der Waals surface area contributed by atoms with Crippen LogP contribution in [0.5, 0.6) is 0 Å². The van der Waals surface area contributed by atoms with Crippen molar-refractivity contribution in [3.63, 3.8) is 0 Å². The number of hydrogen-bond donors (Lipinski definition) is 1. The Morgan fingerprint density at radius 2 is 1.32 bits per heavy atom. The summed E-state index contributed by atoms with van der Waals surface area (Å²) in [5.74, 6) is 0.0273. The minimum absolute atomic E-state index is 0.113. The van der Waals surface area contributed by atoms with Crippen LogP contribution in [0, 0.1) is 0 Å². The van der Waals surface area contributed by atoms with Gasteiger partial charge in [-0.1, -0.05) is 0 Å². The number of likely N-dealkylation sites (N-methyl/N-ethyl adjacent to an activating group) is 2. The van der Waals surface area contributed by atoms with Crippen molar-refractivity contribution in [3.05, 3.63) is 48.5 Å². The van der Waals surface area contributed by atoms with E-state index in [0.29, 0.717) is 24.5 Å². The van der Waals surface area contributed by atoms with Gasteiger partial charge in [0.2, 0.25) is 5.91 Å². The van der Waals surface area contributed by atoms with Crippen LogP contribution >= 0.6 is 0 Å². The SMILES string of the molecule is CCN(C(=O)C[N+](CC)(CC)CC)c1ccc(N=Nc2ccc(NC(C)=O)cc2)cc1. The van der Waals surface area contributed by atoms with Crippen molar-refractivity contribution in [2.45, 2.75) is 34.6 Å². The molecule has 0 aromatic heterocycles. The number of quaternary nitrogens is 1. The van der Waals surface area contributed by atoms with E-state index in [1.165, 1.54) is 6.92 Å². The largest absolute Gasteiger partial charge is 0.326 e. The number of benzene rings is 2. The van der Waals surface area contributed by atoms with Crippen molar-refractivity contribution in [3.8, 4) is 0 Å². The molecule has 2 aromatic rings. The molecule has 7 nitrogen and oxygen atoms in total. The number of azo groups is 1. The van der Waals surface area contributed by atoms with Crippen LogP contribution in [-0.4, -0.2) is 49.0 Å². The van der Waals surface area contributed by atoms with Crippen molar-refractivity contribution < 1.29 is 14.1 Å². The zero-order chi connectivity index (χ0) is 22.9. The molecule has 0 bridgehead atoms. The summed E-state index contributed by atoms with van der Waals surface area (Å²) in [5, 5.41) is 11.2. The first-order chi connectivity index (χ1) is 14.9. The molecule has 0 saturated heterocycles. The highest BCUT2D eigenvalue weighted by Gasteiger charge is 2.28. The van der Waals surface area contributed by atoms with Crippen LogP contribution in [0.3, 0.4) is 0 Å². The van der Waals surface area contributed by atoms with E-state index in [4.69, 9.17) is 0 Å². The first kappa shape index (κ1) is 24.2. The molecule has 0 unspecified atom stereocenters. The second-order valence-electron chi connectivity index (χ2n) is 7.53. The van der Waals surface area contributed by atoms with E-state index in [2.05, 4.69) is 36.3 Å². The van der Waals surface area contributed by atoms with E-state index in [1.54, 1.807) is 24.3 Å². The van der Waals surface area contributed by atoms with E-state index in [-0.39, 0.29) is 11.8 Å². The van der Waals surface area contributed by atoms with Gasteiger partial charge >= 0.3 is 0 Å². The lowest BCUT2D eigenvalue weighted by molar-refractivity contribution is -0.915. The first-order valence-electron chi connectivity index (χ1n) is 10.9. The lowest BCUT2D eigenvalue weighted by Crippen LogP contribution is -2.54. The predicted octanol–water partition coefficient (Wildman–Crippen LogP) is 5.29. The van der Waals surface area contributed by atoms with Crippen molar-refractivity contribution in [1.82, 2.24) is 0 Å². The topological polar surface area (TPSA) is 74.1 Å². The Kier molecular flexibility index (Phi) is 8.88. The van der Waals surface area contributed by atoms with Crippen molar-refractivity contribution in [2.75, 3.05) is 42.9 Å². The number of nitrogens with one attached hydrogen (secondary N) is 1. The highest BCUT2D eigenvalue weighted by molar-refractivity contribution is 5.94. The van der Waals surface area contributed by atoms with Gasteiger partial charge in [0.25, 0.3) is 5.91 Å². The highest BCUT2D eigenvalue weighted by Crippen LogP contribution is 2.24. The molecule has 0 aliphatic rings. The molecule has 0 radical (unpaired) electrons. The van der Waals surface area contributed by atoms with Crippen molar-refractivity contribution in [2.24, 2.45) is 10.2 Å². The van der Waals surface area contributed by atoms with Crippen LogP contribution in [0.25, 0.3) is 0 Å². The summed E-state index contributed by atoms with van der Waals surface area (Å²) in [4.78, 5) is 25.9. The van der Waals surface area contributed by atoms with Gasteiger partial charge in [0.05, 0.1) is 31.0 Å². The molecule has 0 saturated carbocycles. The van der Waals surface area contributed by atoms with E-state index >= 15 is 0 Å². The summed E-state index contributed by atoms with van der Waals surface area (Å²) in [7, 11) is 0. The molecule has 0 atom stereocenters. The lowest BCUT2D eigenvalue weighted by Gasteiger charge is -2.36. The van der Waals surface area contributed by atoms with Gasteiger partial charge in [-0.2, -0.15) is 10.2 Å². The van der Waals surface area contributed by atoms with Crippen LogP contribution in [0.2, 0.25) is 0 Å². The smallest absolute Gasteiger partial charge is 0.282 e. The number of hydrogen-bond acceptors (Lipinski definition) is 4. The van der Waals surface area contributed by atoms with Gasteiger partial charge in [-0.3, -0.25) is 9.59 Å². The standard InChI is InChI=1S/C24H33N5O2/c1-6-28(24(31)18-29(7-2,8-3)9-4)23-16-14-22(15-17-23)27-26-21-12-10-20(11-13-21)25-19(5)30/h10-17H,6-9,18H2,1-5H3/p+1. The average Bonchev–Trinajstić information content (AvgIpc) is 2.78. The Morgan fingerprint density at radius 1 is 0.839 bits per heavy atom. The van der Waals surface area contributed by atoms with Gasteiger partial charge in [0, 0.05) is 24.8 Å². The van der Waals surface area contributed by atoms with Gasteiger partial charge in [0.15, 0.2) is 6.54 Å². The lowest BCUT2D eigenvalue weighted by atomic mass is 10.2. The Labute approximate surface area is 185 Å². The number of rotatable bonds is 10. The normalized spacial score (nSPS) is 11.5. The molecule has 1 N–H and O–H groups in total. The third-order valence-electron chi connectivity index (χ3n) is 5.73. The zero-order valence-corrected chi connectivity index (χ0v) is 19.3. The molecular weight excluding hydrogens is 390 g/mol. The second-order valence-corrected chi connectivity index (χ2v) is 7.53. The van der Waals surface area contributed by atoms with Crippen LogP contribution in [0.4, 0.5) is 22.7 Å². The number of carbonyl (C=O) groups excluding carboxylic acids is 2. The van der Waals surface area contributed by atoms with E-state index in [9.17, 15) is 9.59 Å². The fourth-order valence-electron chi connectivity index (χ4n) is 3.51. The Morgan fingerprint density at radius 3 is 1.74 bits per heavy atom. The van der Waals surface area contributed by atoms with Gasteiger partial charge < -0.3 is 14.7 Å². The molecular formula is C24H34N5O2+. The summed E-state index contributed by atoms with van der Waals surface area (Å²) in [5.41, 5.74) is 2.99. The summed E-state index contributed by atoms with van der Waals surface area (Å²) in [6, 6.07) is 14.7. The van der Waals surface area contributed by atoms with Crippen LogP contribution < -0.4 is 10.2 Å². The van der Waals surface area contributed by atoms with E-state index < -0.39 is 0 Å². The summed E-state index contributed by atoms with van der Waals surface area (Å²) in [6.07, 6.45) is 0. The molecule has 2 amide bonds. The molecule has 0 aliphatic heterocycles. The fraction of sp³-hybridized carbons (Fsp3) is 0.417. The Hall–Kier alpha value is -3.06. The Bertz CT molecular complexity index is 879. The monoisotopic (exact) mass is 424 g/mol. The predicted molar refractivity (Wildman–Crippen MR) is 126 cm³/mol. The molecule has 0 fully saturated rings. The first-order valence-corrected chi connectivity index (χ1v) is 10.9. The fourth-order valence-corrected chi connectivity index (χ4v) is 3.51. The molecule has 0 aliphatic carbocycles. The minimum Gasteiger partial charge on any atom is -0.326 e. The third-order valence-corrected chi connectivity index (χ3v) is 5.73. The maximum Gasteiger partial charge on any atom is 0.282 e. The summed E-state index contributed by atoms with van der Waals surface area (Å²) in [6.45, 7) is 13.9. The second kappa shape index (κ2) is 11.4. The Balaban J connectivity index is 2.07. The molecule has 7 heteroatoms. The molecule has 166 valence electrons. The van der Waals surface area contributed by atoms with Gasteiger partial charge in [-0.25, -0.2) is 0 Å². The number of amides is 2. The number of nitrogens with zero attached hydrogens (tertiary/aromatic N) is 4. The van der Waals surface area contributed by atoms with Crippen LogP contribution in [0.1, 0.15) is 34.6 Å². The molecule has 0 heterocycles. The van der Waals surface area contributed by atoms with Gasteiger partial charge in [-0.15, -0.1) is 0 Å². The summed E-state index contributed by atoms with van der Waals surface area (Å²) < 4.78 is 0.794. The van der Waals surface area contributed by atoms with Crippen molar-refractivity contribution in [1.29, 1.82) is 0 Å². The van der Waals surface area contributed by atoms with Gasteiger partial charge in [-0.05, 0) is 76.2 Å². The highest BCUT2D eigenvalue weighted by atomic mass is 16.2. The minimum atomic E-state index is -0.113. The number of carbonyl (C=O) groups is 2. The van der Waals surface area contributed by atoms with Crippen LogP contribution in [-0.2, 0) is 9.59 Å².